The lowest BCUT2D eigenvalue weighted by Crippen LogP contribution is -2.23. The Morgan fingerprint density at radius 2 is 1.89 bits per heavy atom. The summed E-state index contributed by atoms with van der Waals surface area (Å²) < 4.78 is 6.67. The maximum atomic E-state index is 13.5. The van der Waals surface area contributed by atoms with Crippen LogP contribution in [0.4, 0.5) is 5.69 Å². The average molecular weight is 534 g/mol. The summed E-state index contributed by atoms with van der Waals surface area (Å²) in [5, 5.41) is 5.79. The van der Waals surface area contributed by atoms with E-state index in [4.69, 9.17) is 9.72 Å². The van der Waals surface area contributed by atoms with Gasteiger partial charge in [-0.1, -0.05) is 54.6 Å². The molecule has 0 spiro atoms. The van der Waals surface area contributed by atoms with Crippen LogP contribution in [-0.2, 0) is 16.1 Å². The number of carbonyl (C=O) groups excluding carboxylic acids is 2. The van der Waals surface area contributed by atoms with Crippen molar-refractivity contribution in [1.82, 2.24) is 9.55 Å². The summed E-state index contributed by atoms with van der Waals surface area (Å²) in [6.07, 6.45) is 2.39. The van der Waals surface area contributed by atoms with Gasteiger partial charge in [0.25, 0.3) is 5.56 Å². The predicted octanol–water partition coefficient (Wildman–Crippen LogP) is 5.92. The number of hydrogen-bond acceptors (Lipinski definition) is 7. The molecule has 0 unspecified atom stereocenters. The minimum Gasteiger partial charge on any atom is -0.462 e. The van der Waals surface area contributed by atoms with Gasteiger partial charge in [-0.25, -0.2) is 9.78 Å². The summed E-state index contributed by atoms with van der Waals surface area (Å²) in [7, 11) is 0. The standard InChI is InChI=1S/C28H27N3O4S2/c1-4-14-31-26(33)24-22(19-8-6-18(3)7-9-19)16-36-25(24)30-28(31)37-17-23(32)29-21-12-10-20(11-13-21)27(34)35-15-5-2/h4,6-13,16H,1,5,14-15,17H2,2-3H3,(H,29,32). The normalized spacial score (nSPS) is 10.9. The molecule has 2 aromatic carbocycles. The first-order chi connectivity index (χ1) is 17.9. The van der Waals surface area contributed by atoms with Crippen LogP contribution in [0, 0.1) is 6.92 Å². The first kappa shape index (κ1) is 26.4. The summed E-state index contributed by atoms with van der Waals surface area (Å²) in [4.78, 5) is 43.4. The number of nitrogens with one attached hydrogen (secondary N) is 1. The Labute approximate surface area is 223 Å². The fraction of sp³-hybridized carbons (Fsp3) is 0.214. The molecule has 0 saturated carbocycles. The molecule has 190 valence electrons. The Morgan fingerprint density at radius 1 is 1.16 bits per heavy atom. The number of esters is 1. The molecular weight excluding hydrogens is 506 g/mol. The van der Waals surface area contributed by atoms with Gasteiger partial charge in [-0.2, -0.15) is 0 Å². The van der Waals surface area contributed by atoms with Crippen molar-refractivity contribution < 1.29 is 14.3 Å². The number of nitrogens with zero attached hydrogens (tertiary/aromatic N) is 2. The molecule has 0 aliphatic heterocycles. The number of carbonyl (C=O) groups is 2. The second-order valence-electron chi connectivity index (χ2n) is 8.34. The number of aromatic nitrogens is 2. The number of aryl methyl sites for hydroxylation is 1. The van der Waals surface area contributed by atoms with Crippen molar-refractivity contribution in [2.45, 2.75) is 32.0 Å². The third-order valence-electron chi connectivity index (χ3n) is 5.51. The fourth-order valence-corrected chi connectivity index (χ4v) is 5.44. The maximum Gasteiger partial charge on any atom is 0.338 e. The van der Waals surface area contributed by atoms with E-state index in [1.165, 1.54) is 23.1 Å². The highest BCUT2D eigenvalue weighted by Gasteiger charge is 2.18. The number of amides is 1. The molecule has 2 heterocycles. The van der Waals surface area contributed by atoms with Crippen molar-refractivity contribution in [3.63, 3.8) is 0 Å². The Morgan fingerprint density at radius 3 is 2.57 bits per heavy atom. The van der Waals surface area contributed by atoms with Gasteiger partial charge < -0.3 is 10.1 Å². The molecule has 0 aliphatic carbocycles. The van der Waals surface area contributed by atoms with Crippen molar-refractivity contribution in [1.29, 1.82) is 0 Å². The molecule has 37 heavy (non-hydrogen) atoms. The van der Waals surface area contributed by atoms with Crippen molar-refractivity contribution in [2.24, 2.45) is 0 Å². The smallest absolute Gasteiger partial charge is 0.338 e. The van der Waals surface area contributed by atoms with E-state index in [0.29, 0.717) is 33.2 Å². The van der Waals surface area contributed by atoms with E-state index in [1.807, 2.05) is 43.5 Å². The van der Waals surface area contributed by atoms with Gasteiger partial charge in [0, 0.05) is 23.2 Å². The van der Waals surface area contributed by atoms with Crippen LogP contribution in [0.25, 0.3) is 21.3 Å². The Kier molecular flexibility index (Phi) is 8.58. The summed E-state index contributed by atoms with van der Waals surface area (Å²) >= 11 is 2.60. The van der Waals surface area contributed by atoms with Crippen molar-refractivity contribution in [3.8, 4) is 11.1 Å². The molecule has 0 radical (unpaired) electrons. The molecule has 0 bridgehead atoms. The Bertz CT molecular complexity index is 1490. The molecule has 7 nitrogen and oxygen atoms in total. The third-order valence-corrected chi connectivity index (χ3v) is 7.36. The van der Waals surface area contributed by atoms with Crippen LogP contribution in [0.5, 0.6) is 0 Å². The van der Waals surface area contributed by atoms with Crippen LogP contribution in [0.3, 0.4) is 0 Å². The monoisotopic (exact) mass is 533 g/mol. The number of thioether (sulfide) groups is 1. The Hall–Kier alpha value is -3.69. The van der Waals surface area contributed by atoms with Crippen LogP contribution >= 0.6 is 23.1 Å². The van der Waals surface area contributed by atoms with Gasteiger partial charge in [-0.05, 0) is 43.2 Å². The first-order valence-corrected chi connectivity index (χ1v) is 13.7. The molecule has 2 aromatic heterocycles. The van der Waals surface area contributed by atoms with Gasteiger partial charge in [0.05, 0.1) is 23.3 Å². The lowest BCUT2D eigenvalue weighted by Gasteiger charge is -2.11. The predicted molar refractivity (Wildman–Crippen MR) is 151 cm³/mol. The minimum atomic E-state index is -0.393. The summed E-state index contributed by atoms with van der Waals surface area (Å²) in [6.45, 7) is 8.37. The van der Waals surface area contributed by atoms with Crippen molar-refractivity contribution >= 4 is 50.9 Å². The highest BCUT2D eigenvalue weighted by atomic mass is 32.2. The van der Waals surface area contributed by atoms with E-state index in [1.54, 1.807) is 34.9 Å². The highest BCUT2D eigenvalue weighted by molar-refractivity contribution is 7.99. The zero-order valence-electron chi connectivity index (χ0n) is 20.7. The second kappa shape index (κ2) is 12.0. The third kappa shape index (κ3) is 6.18. The van der Waals surface area contributed by atoms with E-state index in [0.717, 1.165) is 23.1 Å². The number of benzene rings is 2. The molecule has 1 N–H and O–H groups in total. The van der Waals surface area contributed by atoms with Crippen molar-refractivity contribution in [2.75, 3.05) is 17.7 Å². The van der Waals surface area contributed by atoms with E-state index in [2.05, 4.69) is 11.9 Å². The van der Waals surface area contributed by atoms with Crippen LogP contribution in [0.1, 0.15) is 29.3 Å². The molecule has 1 amide bonds. The Balaban J connectivity index is 1.50. The molecular formula is C28H27N3O4S2. The average Bonchev–Trinajstić information content (AvgIpc) is 3.33. The number of thiophene rings is 1. The number of fused-ring (bicyclic) bond motifs is 1. The minimum absolute atomic E-state index is 0.0611. The van der Waals surface area contributed by atoms with Gasteiger partial charge in [-0.3, -0.25) is 14.2 Å². The lowest BCUT2D eigenvalue weighted by molar-refractivity contribution is -0.113. The topological polar surface area (TPSA) is 90.3 Å². The van der Waals surface area contributed by atoms with Gasteiger partial charge in [0.1, 0.15) is 4.83 Å². The maximum absolute atomic E-state index is 13.5. The second-order valence-corrected chi connectivity index (χ2v) is 10.1. The molecule has 0 fully saturated rings. The number of allylic oxidation sites excluding steroid dienone is 1. The van der Waals surface area contributed by atoms with Crippen molar-refractivity contribution in [3.05, 3.63) is 88.0 Å². The molecule has 0 atom stereocenters. The summed E-state index contributed by atoms with van der Waals surface area (Å²) in [5.41, 5.74) is 3.79. The van der Waals surface area contributed by atoms with E-state index >= 15 is 0 Å². The number of hydrogen-bond donors (Lipinski definition) is 1. The quantitative estimate of drug-likeness (QED) is 0.118. The highest BCUT2D eigenvalue weighted by Crippen LogP contribution is 2.32. The molecule has 4 aromatic rings. The van der Waals surface area contributed by atoms with E-state index in [-0.39, 0.29) is 23.8 Å². The largest absolute Gasteiger partial charge is 0.462 e. The molecule has 0 aliphatic rings. The van der Waals surface area contributed by atoms with Gasteiger partial charge in [0.15, 0.2) is 5.16 Å². The summed E-state index contributed by atoms with van der Waals surface area (Å²) in [6, 6.07) is 14.6. The van der Waals surface area contributed by atoms with E-state index in [9.17, 15) is 14.4 Å². The molecule has 0 saturated heterocycles. The molecule has 4 rings (SSSR count). The van der Waals surface area contributed by atoms with Gasteiger partial charge in [-0.15, -0.1) is 17.9 Å². The van der Waals surface area contributed by atoms with E-state index < -0.39 is 5.97 Å². The van der Waals surface area contributed by atoms with Gasteiger partial charge >= 0.3 is 5.97 Å². The molecule has 9 heteroatoms. The number of ether oxygens (including phenoxy) is 1. The summed E-state index contributed by atoms with van der Waals surface area (Å²) in [5.74, 6) is -0.584. The lowest BCUT2D eigenvalue weighted by atomic mass is 10.1. The van der Waals surface area contributed by atoms with Crippen LogP contribution < -0.4 is 10.9 Å². The fourth-order valence-electron chi connectivity index (χ4n) is 3.65. The van der Waals surface area contributed by atoms with Crippen LogP contribution in [-0.4, -0.2) is 33.8 Å². The number of anilines is 1. The first-order valence-electron chi connectivity index (χ1n) is 11.8. The zero-order chi connectivity index (χ0) is 26.4. The number of rotatable bonds is 10. The SMILES string of the molecule is C=CCn1c(SCC(=O)Nc2ccc(C(=O)OCCC)cc2)nc2scc(-c3ccc(C)cc3)c2c1=O. The van der Waals surface area contributed by atoms with Crippen LogP contribution in [0.15, 0.2) is 76.5 Å². The van der Waals surface area contributed by atoms with Gasteiger partial charge in [0.2, 0.25) is 5.91 Å². The van der Waals surface area contributed by atoms with Crippen LogP contribution in [0.2, 0.25) is 0 Å². The zero-order valence-corrected chi connectivity index (χ0v) is 22.3.